The zero-order valence-corrected chi connectivity index (χ0v) is 12.0. The maximum absolute atomic E-state index is 3.50. The van der Waals surface area contributed by atoms with E-state index in [0.717, 1.165) is 12.0 Å². The minimum Gasteiger partial charge on any atom is -0.316 e. The lowest BCUT2D eigenvalue weighted by Gasteiger charge is -2.26. The first-order valence-corrected chi connectivity index (χ1v) is 8.03. The van der Waals surface area contributed by atoms with Crippen LogP contribution in [0.3, 0.4) is 0 Å². The molecule has 1 saturated heterocycles. The summed E-state index contributed by atoms with van der Waals surface area (Å²) in [4.78, 5) is 2.51. The molecule has 0 saturated carbocycles. The van der Waals surface area contributed by atoms with E-state index in [2.05, 4.69) is 30.4 Å². The van der Waals surface area contributed by atoms with Gasteiger partial charge in [-0.05, 0) is 71.5 Å². The lowest BCUT2D eigenvalue weighted by atomic mass is 9.94. The SMILES string of the molecule is CSCC(C)N(C)CCCC1CCCNC1. The lowest BCUT2D eigenvalue weighted by molar-refractivity contribution is 0.255. The summed E-state index contributed by atoms with van der Waals surface area (Å²) in [6.07, 6.45) is 7.78. The Morgan fingerprint density at radius 3 is 2.94 bits per heavy atom. The number of hydrogen-bond acceptors (Lipinski definition) is 3. The Hall–Kier alpha value is 0.270. The predicted octanol–water partition coefficient (Wildman–Crippen LogP) is 2.45. The van der Waals surface area contributed by atoms with Gasteiger partial charge >= 0.3 is 0 Å². The molecule has 0 bridgehead atoms. The Morgan fingerprint density at radius 1 is 1.50 bits per heavy atom. The standard InChI is InChI=1S/C13H28N2S/c1-12(11-16-3)15(2)9-5-7-13-6-4-8-14-10-13/h12-14H,4-11H2,1-3H3. The fourth-order valence-corrected chi connectivity index (χ4v) is 3.13. The van der Waals surface area contributed by atoms with E-state index in [1.54, 1.807) is 0 Å². The van der Waals surface area contributed by atoms with Crippen molar-refractivity contribution in [3.05, 3.63) is 0 Å². The van der Waals surface area contributed by atoms with E-state index in [1.807, 2.05) is 11.8 Å². The molecule has 96 valence electrons. The fraction of sp³-hybridized carbons (Fsp3) is 1.00. The van der Waals surface area contributed by atoms with Crippen LogP contribution in [0.4, 0.5) is 0 Å². The molecule has 2 unspecified atom stereocenters. The molecule has 0 spiro atoms. The molecule has 1 aliphatic heterocycles. The summed E-state index contributed by atoms with van der Waals surface area (Å²) in [6.45, 7) is 6.09. The largest absolute Gasteiger partial charge is 0.316 e. The number of thioether (sulfide) groups is 1. The highest BCUT2D eigenvalue weighted by Crippen LogP contribution is 2.16. The third-order valence-corrected chi connectivity index (χ3v) is 4.50. The topological polar surface area (TPSA) is 15.3 Å². The van der Waals surface area contributed by atoms with Crippen molar-refractivity contribution in [1.29, 1.82) is 0 Å². The average Bonchev–Trinajstić information content (AvgIpc) is 2.30. The molecule has 0 amide bonds. The Kier molecular flexibility index (Phi) is 7.50. The summed E-state index contributed by atoms with van der Waals surface area (Å²) in [6, 6.07) is 0.722. The average molecular weight is 244 g/mol. The van der Waals surface area contributed by atoms with Gasteiger partial charge in [-0.2, -0.15) is 11.8 Å². The van der Waals surface area contributed by atoms with Gasteiger partial charge in [0.05, 0.1) is 0 Å². The van der Waals surface area contributed by atoms with E-state index in [4.69, 9.17) is 0 Å². The minimum atomic E-state index is 0.722. The van der Waals surface area contributed by atoms with Crippen LogP contribution in [0.2, 0.25) is 0 Å². The van der Waals surface area contributed by atoms with E-state index < -0.39 is 0 Å². The lowest BCUT2D eigenvalue weighted by Crippen LogP contribution is -2.33. The van der Waals surface area contributed by atoms with Crippen molar-refractivity contribution < 1.29 is 0 Å². The van der Waals surface area contributed by atoms with Crippen molar-refractivity contribution in [3.63, 3.8) is 0 Å². The first-order valence-electron chi connectivity index (χ1n) is 6.64. The third kappa shape index (κ3) is 5.55. The van der Waals surface area contributed by atoms with Gasteiger partial charge in [-0.25, -0.2) is 0 Å². The van der Waals surface area contributed by atoms with Crippen LogP contribution in [0.25, 0.3) is 0 Å². The molecule has 0 aromatic carbocycles. The van der Waals surface area contributed by atoms with Crippen LogP contribution in [-0.2, 0) is 0 Å². The van der Waals surface area contributed by atoms with Gasteiger partial charge in [0.15, 0.2) is 0 Å². The van der Waals surface area contributed by atoms with Crippen LogP contribution in [0, 0.1) is 5.92 Å². The molecule has 1 rings (SSSR count). The molecular formula is C13H28N2S. The summed E-state index contributed by atoms with van der Waals surface area (Å²) in [5.74, 6) is 2.19. The molecule has 0 aromatic rings. The number of piperidine rings is 1. The second-order valence-electron chi connectivity index (χ2n) is 5.14. The van der Waals surface area contributed by atoms with Gasteiger partial charge in [-0.3, -0.25) is 0 Å². The van der Waals surface area contributed by atoms with E-state index in [0.29, 0.717) is 0 Å². The number of rotatable bonds is 7. The van der Waals surface area contributed by atoms with Crippen molar-refractivity contribution in [1.82, 2.24) is 10.2 Å². The molecule has 1 aliphatic rings. The fourth-order valence-electron chi connectivity index (χ4n) is 2.39. The van der Waals surface area contributed by atoms with Crippen molar-refractivity contribution in [2.75, 3.05) is 38.7 Å². The maximum Gasteiger partial charge on any atom is 0.0154 e. The molecule has 1 fully saturated rings. The number of hydrogen-bond donors (Lipinski definition) is 1. The molecule has 0 aliphatic carbocycles. The maximum atomic E-state index is 3.50. The van der Waals surface area contributed by atoms with Crippen LogP contribution < -0.4 is 5.32 Å². The highest BCUT2D eigenvalue weighted by molar-refractivity contribution is 7.98. The summed E-state index contributed by atoms with van der Waals surface area (Å²) in [5.41, 5.74) is 0. The van der Waals surface area contributed by atoms with Crippen LogP contribution in [0.5, 0.6) is 0 Å². The van der Waals surface area contributed by atoms with Crippen molar-refractivity contribution >= 4 is 11.8 Å². The van der Waals surface area contributed by atoms with Crippen LogP contribution >= 0.6 is 11.8 Å². The smallest absolute Gasteiger partial charge is 0.0154 e. The van der Waals surface area contributed by atoms with Crippen LogP contribution in [-0.4, -0.2) is 49.6 Å². The van der Waals surface area contributed by atoms with Gasteiger partial charge in [-0.15, -0.1) is 0 Å². The van der Waals surface area contributed by atoms with E-state index >= 15 is 0 Å². The first kappa shape index (κ1) is 14.3. The summed E-state index contributed by atoms with van der Waals surface area (Å²) >= 11 is 1.95. The van der Waals surface area contributed by atoms with Gasteiger partial charge in [0.1, 0.15) is 0 Å². The second kappa shape index (κ2) is 8.37. The molecule has 2 nitrogen and oxygen atoms in total. The molecule has 1 N–H and O–H groups in total. The quantitative estimate of drug-likeness (QED) is 0.740. The molecular weight excluding hydrogens is 216 g/mol. The highest BCUT2D eigenvalue weighted by atomic mass is 32.2. The number of nitrogens with zero attached hydrogens (tertiary/aromatic N) is 1. The van der Waals surface area contributed by atoms with Gasteiger partial charge in [0, 0.05) is 11.8 Å². The van der Waals surface area contributed by atoms with Crippen molar-refractivity contribution in [2.45, 2.75) is 38.6 Å². The normalized spacial score (nSPS) is 23.6. The molecule has 1 heterocycles. The van der Waals surface area contributed by atoms with Crippen molar-refractivity contribution in [3.8, 4) is 0 Å². The van der Waals surface area contributed by atoms with E-state index in [9.17, 15) is 0 Å². The Morgan fingerprint density at radius 2 is 2.31 bits per heavy atom. The summed E-state index contributed by atoms with van der Waals surface area (Å²) < 4.78 is 0. The first-order chi connectivity index (χ1) is 7.74. The highest BCUT2D eigenvalue weighted by Gasteiger charge is 2.13. The van der Waals surface area contributed by atoms with Crippen LogP contribution in [0.1, 0.15) is 32.6 Å². The van der Waals surface area contributed by atoms with Gasteiger partial charge in [0.2, 0.25) is 0 Å². The second-order valence-corrected chi connectivity index (χ2v) is 6.05. The van der Waals surface area contributed by atoms with Gasteiger partial charge < -0.3 is 10.2 Å². The predicted molar refractivity (Wildman–Crippen MR) is 75.3 cm³/mol. The molecule has 0 radical (unpaired) electrons. The Bertz CT molecular complexity index is 169. The minimum absolute atomic E-state index is 0.722. The van der Waals surface area contributed by atoms with Gasteiger partial charge in [-0.1, -0.05) is 0 Å². The Balaban J connectivity index is 2.04. The van der Waals surface area contributed by atoms with Crippen LogP contribution in [0.15, 0.2) is 0 Å². The zero-order valence-electron chi connectivity index (χ0n) is 11.2. The Labute approximate surface area is 106 Å². The van der Waals surface area contributed by atoms with Crippen molar-refractivity contribution in [2.24, 2.45) is 5.92 Å². The third-order valence-electron chi connectivity index (χ3n) is 3.68. The summed E-state index contributed by atoms with van der Waals surface area (Å²) in [7, 11) is 2.26. The molecule has 2 atom stereocenters. The van der Waals surface area contributed by atoms with Gasteiger partial charge in [0.25, 0.3) is 0 Å². The molecule has 16 heavy (non-hydrogen) atoms. The number of nitrogens with one attached hydrogen (secondary N) is 1. The van der Waals surface area contributed by atoms with E-state index in [-0.39, 0.29) is 0 Å². The molecule has 0 aromatic heterocycles. The monoisotopic (exact) mass is 244 g/mol. The summed E-state index contributed by atoms with van der Waals surface area (Å²) in [5, 5.41) is 3.50. The zero-order chi connectivity index (χ0) is 11.8. The molecule has 3 heteroatoms. The van der Waals surface area contributed by atoms with E-state index in [1.165, 1.54) is 51.1 Å².